The van der Waals surface area contributed by atoms with Crippen molar-refractivity contribution in [2.45, 2.75) is 0 Å². The van der Waals surface area contributed by atoms with Crippen LogP contribution in [0.15, 0.2) is 65.1 Å². The number of nitrogens with two attached hydrogens (primary N) is 1. The summed E-state index contributed by atoms with van der Waals surface area (Å²) in [6.07, 6.45) is 0. The molecule has 0 aliphatic heterocycles. The van der Waals surface area contributed by atoms with Crippen molar-refractivity contribution in [2.24, 2.45) is 5.73 Å². The summed E-state index contributed by atoms with van der Waals surface area (Å²) in [6.45, 7) is 0. The third-order valence-electron chi connectivity index (χ3n) is 3.13. The van der Waals surface area contributed by atoms with E-state index in [9.17, 15) is 5.26 Å². The lowest BCUT2D eigenvalue weighted by molar-refractivity contribution is 0.599. The zero-order chi connectivity index (χ0) is 13.9. The van der Waals surface area contributed by atoms with E-state index < -0.39 is 0 Å². The predicted molar refractivity (Wildman–Crippen MR) is 79.3 cm³/mol. The number of allylic oxidation sites excluding steroid dienone is 1. The van der Waals surface area contributed by atoms with Gasteiger partial charge in [-0.05, 0) is 17.7 Å². The van der Waals surface area contributed by atoms with Gasteiger partial charge in [-0.15, -0.1) is 0 Å². The van der Waals surface area contributed by atoms with Crippen LogP contribution in [-0.4, -0.2) is 0 Å². The van der Waals surface area contributed by atoms with Crippen LogP contribution in [0.1, 0.15) is 11.3 Å². The third kappa shape index (κ3) is 2.04. The third-order valence-corrected chi connectivity index (χ3v) is 3.13. The van der Waals surface area contributed by atoms with Gasteiger partial charge in [0.05, 0.1) is 11.3 Å². The highest BCUT2D eigenvalue weighted by Gasteiger charge is 2.12. The molecule has 0 radical (unpaired) electrons. The summed E-state index contributed by atoms with van der Waals surface area (Å²) in [4.78, 5) is 0. The van der Waals surface area contributed by atoms with E-state index >= 15 is 0 Å². The monoisotopic (exact) mass is 260 g/mol. The molecular weight excluding hydrogens is 248 g/mol. The maximum atomic E-state index is 9.36. The minimum absolute atomic E-state index is 0.356. The lowest BCUT2D eigenvalue weighted by atomic mass is 10.0. The minimum atomic E-state index is 0.356. The van der Waals surface area contributed by atoms with E-state index in [1.807, 2.05) is 60.7 Å². The highest BCUT2D eigenvalue weighted by Crippen LogP contribution is 2.27. The van der Waals surface area contributed by atoms with Crippen molar-refractivity contribution in [2.75, 3.05) is 0 Å². The van der Waals surface area contributed by atoms with Crippen LogP contribution in [0.2, 0.25) is 0 Å². The van der Waals surface area contributed by atoms with E-state index in [0.29, 0.717) is 17.0 Å². The lowest BCUT2D eigenvalue weighted by Crippen LogP contribution is -1.99. The highest BCUT2D eigenvalue weighted by molar-refractivity contribution is 5.96. The van der Waals surface area contributed by atoms with Crippen LogP contribution in [-0.2, 0) is 0 Å². The van der Waals surface area contributed by atoms with Gasteiger partial charge in [0.1, 0.15) is 11.7 Å². The maximum Gasteiger partial charge on any atom is 0.152 e. The molecule has 96 valence electrons. The van der Waals surface area contributed by atoms with Gasteiger partial charge in [-0.1, -0.05) is 48.5 Å². The number of fused-ring (bicyclic) bond motifs is 1. The van der Waals surface area contributed by atoms with E-state index in [0.717, 1.165) is 16.5 Å². The summed E-state index contributed by atoms with van der Waals surface area (Å²) in [5, 5.41) is 10.3. The largest absolute Gasteiger partial charge is 0.454 e. The van der Waals surface area contributed by atoms with Crippen molar-refractivity contribution in [3.05, 3.63) is 72.0 Å². The molecule has 0 unspecified atom stereocenters. The molecule has 0 atom stereocenters. The van der Waals surface area contributed by atoms with Crippen molar-refractivity contribution in [3.63, 3.8) is 0 Å². The molecule has 3 heteroatoms. The zero-order valence-corrected chi connectivity index (χ0v) is 10.7. The van der Waals surface area contributed by atoms with Gasteiger partial charge >= 0.3 is 0 Å². The Hall–Kier alpha value is -2.99. The molecule has 0 bridgehead atoms. The average Bonchev–Trinajstić information content (AvgIpc) is 2.93. The summed E-state index contributed by atoms with van der Waals surface area (Å²) in [6, 6.07) is 21.0. The molecule has 0 amide bonds. The Morgan fingerprint density at radius 3 is 2.40 bits per heavy atom. The van der Waals surface area contributed by atoms with Gasteiger partial charge in [0, 0.05) is 5.39 Å². The van der Waals surface area contributed by atoms with Gasteiger partial charge in [0.2, 0.25) is 0 Å². The number of hydrogen-bond donors (Lipinski definition) is 1. The van der Waals surface area contributed by atoms with Gasteiger partial charge in [0.25, 0.3) is 0 Å². The first-order chi connectivity index (χ1) is 9.79. The second-order valence-electron chi connectivity index (χ2n) is 4.41. The molecule has 0 aliphatic carbocycles. The first-order valence-electron chi connectivity index (χ1n) is 6.24. The molecule has 0 aliphatic rings. The summed E-state index contributed by atoms with van der Waals surface area (Å²) >= 11 is 0. The van der Waals surface area contributed by atoms with Crippen molar-refractivity contribution < 1.29 is 4.42 Å². The van der Waals surface area contributed by atoms with Crippen LogP contribution >= 0.6 is 0 Å². The summed E-state index contributed by atoms with van der Waals surface area (Å²) in [5.74, 6) is 0.520. The van der Waals surface area contributed by atoms with Gasteiger partial charge < -0.3 is 10.2 Å². The smallest absolute Gasteiger partial charge is 0.152 e. The predicted octanol–water partition coefficient (Wildman–Crippen LogP) is 3.78. The molecule has 20 heavy (non-hydrogen) atoms. The molecule has 1 aromatic heterocycles. The number of nitriles is 1. The van der Waals surface area contributed by atoms with Crippen molar-refractivity contribution in [3.8, 4) is 6.07 Å². The number of para-hydroxylation sites is 1. The highest BCUT2D eigenvalue weighted by atomic mass is 16.3. The van der Waals surface area contributed by atoms with E-state index in [4.69, 9.17) is 10.2 Å². The Labute approximate surface area is 116 Å². The van der Waals surface area contributed by atoms with Crippen LogP contribution in [0.3, 0.4) is 0 Å². The summed E-state index contributed by atoms with van der Waals surface area (Å²) in [5.41, 5.74) is 8.43. The lowest BCUT2D eigenvalue weighted by Gasteiger charge is -2.02. The molecule has 2 aromatic carbocycles. The van der Waals surface area contributed by atoms with Crippen molar-refractivity contribution in [1.29, 1.82) is 5.26 Å². The Morgan fingerprint density at radius 2 is 1.70 bits per heavy atom. The number of furan rings is 1. The molecule has 3 aromatic rings. The SMILES string of the molecule is N#C/C(=C(/N)c1cc2ccccc2o1)c1ccccc1. The fourth-order valence-electron chi connectivity index (χ4n) is 2.12. The molecule has 3 nitrogen and oxygen atoms in total. The topological polar surface area (TPSA) is 63.0 Å². The summed E-state index contributed by atoms with van der Waals surface area (Å²) < 4.78 is 5.70. The fraction of sp³-hybridized carbons (Fsp3) is 0. The van der Waals surface area contributed by atoms with E-state index in [1.54, 1.807) is 0 Å². The van der Waals surface area contributed by atoms with Gasteiger partial charge in [0.15, 0.2) is 5.76 Å². The van der Waals surface area contributed by atoms with E-state index in [2.05, 4.69) is 6.07 Å². The number of nitrogens with zero attached hydrogens (tertiary/aromatic N) is 1. The van der Waals surface area contributed by atoms with Crippen LogP contribution < -0.4 is 5.73 Å². The van der Waals surface area contributed by atoms with Crippen LogP contribution in [0, 0.1) is 11.3 Å². The van der Waals surface area contributed by atoms with Crippen molar-refractivity contribution in [1.82, 2.24) is 0 Å². The molecule has 0 saturated heterocycles. The normalized spacial score (nSPS) is 11.9. The molecular formula is C17H12N2O. The molecule has 0 fully saturated rings. The second-order valence-corrected chi connectivity index (χ2v) is 4.41. The van der Waals surface area contributed by atoms with Crippen LogP contribution in [0.4, 0.5) is 0 Å². The molecule has 1 heterocycles. The van der Waals surface area contributed by atoms with Gasteiger partial charge in [-0.3, -0.25) is 0 Å². The zero-order valence-electron chi connectivity index (χ0n) is 10.7. The first-order valence-corrected chi connectivity index (χ1v) is 6.24. The number of benzene rings is 2. The number of hydrogen-bond acceptors (Lipinski definition) is 3. The molecule has 0 spiro atoms. The Balaban J connectivity index is 2.16. The first kappa shape index (κ1) is 12.1. The van der Waals surface area contributed by atoms with Crippen LogP contribution in [0.25, 0.3) is 22.2 Å². The quantitative estimate of drug-likeness (QED) is 0.713. The molecule has 3 rings (SSSR count). The Bertz CT molecular complexity index is 790. The van der Waals surface area contributed by atoms with Crippen molar-refractivity contribution >= 4 is 22.2 Å². The van der Waals surface area contributed by atoms with Gasteiger partial charge in [-0.25, -0.2) is 0 Å². The minimum Gasteiger partial charge on any atom is -0.454 e. The Kier molecular flexibility index (Phi) is 2.98. The standard InChI is InChI=1S/C17H12N2O/c18-11-14(12-6-2-1-3-7-12)17(19)16-10-13-8-4-5-9-15(13)20-16/h1-10H,19H2/b17-14-. The fourth-order valence-corrected chi connectivity index (χ4v) is 2.12. The molecule has 0 saturated carbocycles. The average molecular weight is 260 g/mol. The van der Waals surface area contributed by atoms with E-state index in [1.165, 1.54) is 0 Å². The van der Waals surface area contributed by atoms with E-state index in [-0.39, 0.29) is 0 Å². The maximum absolute atomic E-state index is 9.36. The summed E-state index contributed by atoms with van der Waals surface area (Å²) in [7, 11) is 0. The second kappa shape index (κ2) is 4.94. The number of rotatable bonds is 2. The van der Waals surface area contributed by atoms with Gasteiger partial charge in [-0.2, -0.15) is 5.26 Å². The van der Waals surface area contributed by atoms with Crippen LogP contribution in [0.5, 0.6) is 0 Å². The molecule has 2 N–H and O–H groups in total. The Morgan fingerprint density at radius 1 is 1.00 bits per heavy atom.